The van der Waals surface area contributed by atoms with Gasteiger partial charge in [0.1, 0.15) is 0 Å². The molecule has 1 aliphatic rings. The van der Waals surface area contributed by atoms with Gasteiger partial charge in [-0.15, -0.1) is 0 Å². The summed E-state index contributed by atoms with van der Waals surface area (Å²) in [5, 5.41) is 0. The van der Waals surface area contributed by atoms with Crippen LogP contribution in [-0.4, -0.2) is 38.9 Å². The summed E-state index contributed by atoms with van der Waals surface area (Å²) in [5.74, 6) is -0.338. The van der Waals surface area contributed by atoms with Gasteiger partial charge >= 0.3 is 5.97 Å². The number of benzene rings is 1. The minimum Gasteiger partial charge on any atom is -0.468 e. The topological polar surface area (TPSA) is 63.7 Å². The zero-order valence-electron chi connectivity index (χ0n) is 11.1. The molecule has 5 nitrogen and oxygen atoms in total. The number of carbonyl (C=O) groups is 1. The molecule has 0 amide bonds. The van der Waals surface area contributed by atoms with Gasteiger partial charge in [0, 0.05) is 23.8 Å². The number of hydrogen-bond acceptors (Lipinski definition) is 4. The van der Waals surface area contributed by atoms with E-state index < -0.39 is 14.7 Å². The van der Waals surface area contributed by atoms with Crippen LogP contribution in [-0.2, 0) is 24.2 Å². The molecule has 0 N–H and O–H groups in total. The van der Waals surface area contributed by atoms with E-state index in [1.807, 2.05) is 30.3 Å². The van der Waals surface area contributed by atoms with E-state index in [0.29, 0.717) is 12.8 Å². The molecule has 1 aromatic rings. The predicted molar refractivity (Wildman–Crippen MR) is 75.7 cm³/mol. The predicted octanol–water partition coefficient (Wildman–Crippen LogP) is 1.68. The van der Waals surface area contributed by atoms with Gasteiger partial charge in [-0.2, -0.15) is 12.7 Å². The third-order valence-electron chi connectivity index (χ3n) is 3.79. The van der Waals surface area contributed by atoms with Gasteiger partial charge in [-0.05, 0) is 18.4 Å². The standard InChI is InChI=1S/C13H16ClNO4S/c1-19-12(16)13(11-5-3-2-4-6-11)7-9-15(10-8-13)20(14,17)18/h2-6H,7-10H2,1H3. The van der Waals surface area contributed by atoms with E-state index in [4.69, 9.17) is 15.4 Å². The fraction of sp³-hybridized carbons (Fsp3) is 0.462. The van der Waals surface area contributed by atoms with Crippen molar-refractivity contribution in [2.24, 2.45) is 0 Å². The van der Waals surface area contributed by atoms with Crippen molar-refractivity contribution in [3.8, 4) is 0 Å². The molecule has 0 atom stereocenters. The second kappa shape index (κ2) is 5.71. The van der Waals surface area contributed by atoms with Crippen LogP contribution in [0.5, 0.6) is 0 Å². The molecule has 1 heterocycles. The highest BCUT2D eigenvalue weighted by molar-refractivity contribution is 8.11. The van der Waals surface area contributed by atoms with E-state index in [2.05, 4.69) is 0 Å². The Labute approximate surface area is 123 Å². The maximum Gasteiger partial charge on any atom is 0.316 e. The molecule has 1 aliphatic heterocycles. The van der Waals surface area contributed by atoms with E-state index in [-0.39, 0.29) is 19.1 Å². The summed E-state index contributed by atoms with van der Waals surface area (Å²) in [6.45, 7) is 0.408. The van der Waals surface area contributed by atoms with Gasteiger partial charge in [0.05, 0.1) is 12.5 Å². The smallest absolute Gasteiger partial charge is 0.316 e. The fourth-order valence-electron chi connectivity index (χ4n) is 2.65. The van der Waals surface area contributed by atoms with Gasteiger partial charge < -0.3 is 4.74 Å². The Bertz CT molecular complexity index is 580. The lowest BCUT2D eigenvalue weighted by molar-refractivity contribution is -0.149. The molecule has 7 heteroatoms. The summed E-state index contributed by atoms with van der Waals surface area (Å²) in [6.07, 6.45) is 0.714. The zero-order chi connectivity index (χ0) is 14.8. The maximum absolute atomic E-state index is 12.2. The van der Waals surface area contributed by atoms with E-state index in [9.17, 15) is 13.2 Å². The molecule has 0 unspecified atom stereocenters. The summed E-state index contributed by atoms with van der Waals surface area (Å²) in [7, 11) is 2.95. The number of esters is 1. The Morgan fingerprint density at radius 3 is 2.25 bits per heavy atom. The number of nitrogens with zero attached hydrogens (tertiary/aromatic N) is 1. The van der Waals surface area contributed by atoms with Gasteiger partial charge in [0.25, 0.3) is 9.24 Å². The Morgan fingerprint density at radius 2 is 1.80 bits per heavy atom. The number of rotatable bonds is 3. The lowest BCUT2D eigenvalue weighted by Gasteiger charge is -2.38. The molecule has 1 fully saturated rings. The van der Waals surface area contributed by atoms with Crippen molar-refractivity contribution >= 4 is 25.9 Å². The molecule has 20 heavy (non-hydrogen) atoms. The number of hydrogen-bond donors (Lipinski definition) is 0. The van der Waals surface area contributed by atoms with Gasteiger partial charge in [-0.1, -0.05) is 30.3 Å². The first-order valence-electron chi connectivity index (χ1n) is 6.24. The van der Waals surface area contributed by atoms with E-state index >= 15 is 0 Å². The molecular weight excluding hydrogens is 302 g/mol. The first-order chi connectivity index (χ1) is 9.40. The SMILES string of the molecule is COC(=O)C1(c2ccccc2)CCN(S(=O)(=O)Cl)CC1. The van der Waals surface area contributed by atoms with Crippen molar-refractivity contribution in [3.63, 3.8) is 0 Å². The Morgan fingerprint density at radius 1 is 1.25 bits per heavy atom. The normalized spacial score (nSPS) is 19.5. The summed E-state index contributed by atoms with van der Waals surface area (Å²) in [5.41, 5.74) is 0.0483. The molecule has 2 rings (SSSR count). The number of methoxy groups -OCH3 is 1. The second-order valence-electron chi connectivity index (χ2n) is 4.78. The Hall–Kier alpha value is -1.11. The minimum atomic E-state index is -3.74. The van der Waals surface area contributed by atoms with E-state index in [1.165, 1.54) is 11.4 Å². The summed E-state index contributed by atoms with van der Waals surface area (Å²) < 4.78 is 28.8. The quantitative estimate of drug-likeness (QED) is 0.628. The van der Waals surface area contributed by atoms with Gasteiger partial charge in [-0.3, -0.25) is 4.79 Å². The first kappa shape index (κ1) is 15.3. The molecule has 0 radical (unpaired) electrons. The lowest BCUT2D eigenvalue weighted by atomic mass is 9.73. The van der Waals surface area contributed by atoms with Crippen LogP contribution in [0.3, 0.4) is 0 Å². The average molecular weight is 318 g/mol. The largest absolute Gasteiger partial charge is 0.468 e. The monoisotopic (exact) mass is 317 g/mol. The van der Waals surface area contributed by atoms with Crippen molar-refractivity contribution in [2.75, 3.05) is 20.2 Å². The van der Waals surface area contributed by atoms with Crippen LogP contribution >= 0.6 is 10.7 Å². The highest BCUT2D eigenvalue weighted by Gasteiger charge is 2.45. The van der Waals surface area contributed by atoms with Gasteiger partial charge in [-0.25, -0.2) is 0 Å². The molecular formula is C13H16ClNO4S. The van der Waals surface area contributed by atoms with Crippen molar-refractivity contribution in [2.45, 2.75) is 18.3 Å². The Balaban J connectivity index is 2.32. The van der Waals surface area contributed by atoms with Crippen LogP contribution in [0.2, 0.25) is 0 Å². The summed E-state index contributed by atoms with van der Waals surface area (Å²) >= 11 is 0. The molecule has 0 aliphatic carbocycles. The number of halogens is 1. The molecule has 1 aromatic carbocycles. The number of ether oxygens (including phenoxy) is 1. The maximum atomic E-state index is 12.2. The molecule has 0 bridgehead atoms. The Kier molecular flexibility index (Phi) is 4.36. The van der Waals surface area contributed by atoms with Gasteiger partial charge in [0.2, 0.25) is 0 Å². The molecule has 0 spiro atoms. The van der Waals surface area contributed by atoms with Crippen molar-refractivity contribution in [3.05, 3.63) is 35.9 Å². The fourth-order valence-corrected chi connectivity index (χ4v) is 3.68. The van der Waals surface area contributed by atoms with Crippen LogP contribution < -0.4 is 0 Å². The minimum absolute atomic E-state index is 0.204. The van der Waals surface area contributed by atoms with Crippen LogP contribution in [0.25, 0.3) is 0 Å². The zero-order valence-corrected chi connectivity index (χ0v) is 12.7. The van der Waals surface area contributed by atoms with Gasteiger partial charge in [0.15, 0.2) is 0 Å². The van der Waals surface area contributed by atoms with Crippen molar-refractivity contribution < 1.29 is 17.9 Å². The first-order valence-corrected chi connectivity index (χ1v) is 8.50. The number of carbonyl (C=O) groups excluding carboxylic acids is 1. The second-order valence-corrected chi connectivity index (χ2v) is 7.29. The molecule has 0 aromatic heterocycles. The molecule has 0 saturated carbocycles. The summed E-state index contributed by atoms with van der Waals surface area (Å²) in [4.78, 5) is 12.2. The molecule has 110 valence electrons. The van der Waals surface area contributed by atoms with Crippen LogP contribution in [0.15, 0.2) is 30.3 Å². The average Bonchev–Trinajstić information content (AvgIpc) is 2.46. The van der Waals surface area contributed by atoms with Crippen molar-refractivity contribution in [1.82, 2.24) is 4.31 Å². The van der Waals surface area contributed by atoms with Crippen molar-refractivity contribution in [1.29, 1.82) is 0 Å². The third-order valence-corrected chi connectivity index (χ3v) is 5.35. The highest BCUT2D eigenvalue weighted by Crippen LogP contribution is 2.37. The van der Waals surface area contributed by atoms with Crippen LogP contribution in [0, 0.1) is 0 Å². The number of piperidine rings is 1. The van der Waals surface area contributed by atoms with E-state index in [0.717, 1.165) is 5.56 Å². The van der Waals surface area contributed by atoms with Crippen LogP contribution in [0.1, 0.15) is 18.4 Å². The molecule has 1 saturated heterocycles. The lowest BCUT2D eigenvalue weighted by Crippen LogP contribution is -2.48. The van der Waals surface area contributed by atoms with Crippen LogP contribution in [0.4, 0.5) is 0 Å². The third kappa shape index (κ3) is 2.82. The summed E-state index contributed by atoms with van der Waals surface area (Å²) in [6, 6.07) is 9.30. The highest BCUT2D eigenvalue weighted by atomic mass is 35.7. The van der Waals surface area contributed by atoms with E-state index in [1.54, 1.807) is 0 Å².